The molecule has 0 bridgehead atoms. The van der Waals surface area contributed by atoms with E-state index >= 15 is 0 Å². The number of hydrogen-bond acceptors (Lipinski definition) is 4. The number of fused-ring (bicyclic) bond motifs is 1. The maximum atomic E-state index is 5.11. The molecular formula is C5H9N3O. The normalized spacial score (nSPS) is 44.3. The van der Waals surface area contributed by atoms with Crippen molar-refractivity contribution in [1.82, 2.24) is 10.6 Å². The summed E-state index contributed by atoms with van der Waals surface area (Å²) in [7, 11) is 0. The fourth-order valence-corrected chi connectivity index (χ4v) is 1.05. The van der Waals surface area contributed by atoms with Crippen LogP contribution in [0.3, 0.4) is 0 Å². The van der Waals surface area contributed by atoms with Crippen LogP contribution in [-0.4, -0.2) is 17.4 Å². The molecule has 2 aliphatic rings. The molecule has 2 unspecified atom stereocenters. The van der Waals surface area contributed by atoms with Gasteiger partial charge < -0.3 is 0 Å². The van der Waals surface area contributed by atoms with Crippen LogP contribution in [0.25, 0.3) is 0 Å². The first-order valence-corrected chi connectivity index (χ1v) is 3.17. The lowest BCUT2D eigenvalue weighted by atomic mass is 10.3. The molecule has 1 saturated heterocycles. The molecule has 0 amide bonds. The number of hydrazine groups is 1. The maximum Gasteiger partial charge on any atom is 0.279 e. The minimum Gasteiger partial charge on any atom is -0.282 e. The van der Waals surface area contributed by atoms with Crippen LogP contribution in [-0.2, 0) is 4.84 Å². The van der Waals surface area contributed by atoms with Gasteiger partial charge in [-0.3, -0.25) is 5.43 Å². The Morgan fingerprint density at radius 1 is 1.89 bits per heavy atom. The molecule has 4 nitrogen and oxygen atoms in total. The quantitative estimate of drug-likeness (QED) is 0.540. The highest BCUT2D eigenvalue weighted by molar-refractivity contribution is 5.57. The Balaban J connectivity index is 2.03. The van der Waals surface area contributed by atoms with E-state index in [0.717, 1.165) is 12.8 Å². The molecule has 0 spiro atoms. The van der Waals surface area contributed by atoms with E-state index in [0.29, 0.717) is 0 Å². The van der Waals surface area contributed by atoms with Crippen molar-refractivity contribution in [2.75, 3.05) is 0 Å². The van der Waals surface area contributed by atoms with E-state index in [2.05, 4.69) is 17.3 Å². The second-order valence-electron chi connectivity index (χ2n) is 2.27. The predicted molar refractivity (Wildman–Crippen MR) is 32.2 cm³/mol. The average molecular weight is 127 g/mol. The predicted octanol–water partition coefficient (Wildman–Crippen LogP) is 0.234. The first-order chi connectivity index (χ1) is 4.37. The minimum absolute atomic E-state index is 0.297. The summed E-state index contributed by atoms with van der Waals surface area (Å²) in [6.45, 7) is 2.11. The van der Waals surface area contributed by atoms with Crippen LogP contribution in [0.4, 0.5) is 0 Å². The van der Waals surface area contributed by atoms with Crippen LogP contribution in [0.1, 0.15) is 19.8 Å². The molecule has 0 saturated carbocycles. The number of hydrogen-bond donors (Lipinski definition) is 1. The Bertz CT molecular complexity index is 158. The van der Waals surface area contributed by atoms with Gasteiger partial charge >= 0.3 is 0 Å². The van der Waals surface area contributed by atoms with E-state index in [1.807, 2.05) is 0 Å². The second kappa shape index (κ2) is 1.46. The summed E-state index contributed by atoms with van der Waals surface area (Å²) in [5.74, 6) is -0.297. The summed E-state index contributed by atoms with van der Waals surface area (Å²) in [4.78, 5) is 9.20. The Kier molecular flexibility index (Phi) is 0.841. The zero-order chi connectivity index (χ0) is 6.32. The standard InChI is InChI=1S/C5H9N3O/c1-2-3-5-6-4-7-8(5)9-5/h4H,2-3H2,1H3,(H,6,7). The molecule has 2 heterocycles. The van der Waals surface area contributed by atoms with E-state index in [1.54, 1.807) is 11.5 Å². The largest absolute Gasteiger partial charge is 0.282 e. The van der Waals surface area contributed by atoms with Gasteiger partial charge in [-0.2, -0.15) is 0 Å². The monoisotopic (exact) mass is 127 g/mol. The van der Waals surface area contributed by atoms with E-state index in [9.17, 15) is 0 Å². The SMILES string of the molecule is CCCC12N=CNN1O2. The molecule has 2 aliphatic heterocycles. The highest BCUT2D eigenvalue weighted by Crippen LogP contribution is 2.39. The molecule has 0 aromatic heterocycles. The van der Waals surface area contributed by atoms with Crippen molar-refractivity contribution in [2.24, 2.45) is 4.99 Å². The van der Waals surface area contributed by atoms with Gasteiger partial charge in [0.2, 0.25) is 0 Å². The molecular weight excluding hydrogens is 118 g/mol. The highest BCUT2D eigenvalue weighted by atomic mass is 16.9. The summed E-state index contributed by atoms with van der Waals surface area (Å²) < 4.78 is 0. The molecule has 0 aliphatic carbocycles. The van der Waals surface area contributed by atoms with Gasteiger partial charge in [0.1, 0.15) is 6.34 Å². The van der Waals surface area contributed by atoms with Crippen LogP contribution in [0.5, 0.6) is 0 Å². The Labute approximate surface area is 53.4 Å². The molecule has 1 N–H and O–H groups in total. The number of nitrogens with one attached hydrogen (secondary N) is 1. The lowest BCUT2D eigenvalue weighted by Gasteiger charge is -1.94. The number of aliphatic imine (C=N–C) groups is 1. The fraction of sp³-hybridized carbons (Fsp3) is 0.800. The summed E-state index contributed by atoms with van der Waals surface area (Å²) in [5, 5.41) is 1.66. The van der Waals surface area contributed by atoms with E-state index < -0.39 is 0 Å². The third kappa shape index (κ3) is 0.571. The van der Waals surface area contributed by atoms with Crippen molar-refractivity contribution in [3.05, 3.63) is 0 Å². The molecule has 2 rings (SSSR count). The van der Waals surface area contributed by atoms with Gasteiger partial charge in [0.05, 0.1) is 0 Å². The zero-order valence-electron chi connectivity index (χ0n) is 5.29. The first-order valence-electron chi connectivity index (χ1n) is 3.17. The summed E-state index contributed by atoms with van der Waals surface area (Å²) in [6, 6.07) is 0. The van der Waals surface area contributed by atoms with Crippen molar-refractivity contribution < 1.29 is 4.84 Å². The van der Waals surface area contributed by atoms with E-state index in [1.165, 1.54) is 0 Å². The molecule has 9 heavy (non-hydrogen) atoms. The van der Waals surface area contributed by atoms with Gasteiger partial charge in [0, 0.05) is 6.42 Å². The van der Waals surface area contributed by atoms with Crippen LogP contribution < -0.4 is 5.43 Å². The first kappa shape index (κ1) is 5.20. The van der Waals surface area contributed by atoms with Crippen molar-refractivity contribution >= 4 is 6.34 Å². The van der Waals surface area contributed by atoms with Crippen LogP contribution >= 0.6 is 0 Å². The third-order valence-electron chi connectivity index (χ3n) is 1.54. The van der Waals surface area contributed by atoms with Crippen molar-refractivity contribution in [3.63, 3.8) is 0 Å². The summed E-state index contributed by atoms with van der Waals surface area (Å²) >= 11 is 0. The van der Waals surface area contributed by atoms with Gasteiger partial charge in [-0.15, -0.1) is 0 Å². The Morgan fingerprint density at radius 3 is 3.22 bits per heavy atom. The van der Waals surface area contributed by atoms with Gasteiger partial charge in [-0.05, 0) is 11.6 Å². The lowest BCUT2D eigenvalue weighted by Crippen LogP contribution is -2.18. The molecule has 50 valence electrons. The number of rotatable bonds is 2. The van der Waals surface area contributed by atoms with Crippen LogP contribution in [0.15, 0.2) is 4.99 Å². The molecule has 0 radical (unpaired) electrons. The van der Waals surface area contributed by atoms with E-state index in [4.69, 9.17) is 4.84 Å². The number of hydroxylamine groups is 1. The Hall–Kier alpha value is -0.610. The molecule has 4 heteroatoms. The maximum absolute atomic E-state index is 5.11. The van der Waals surface area contributed by atoms with Gasteiger partial charge in [0.15, 0.2) is 0 Å². The van der Waals surface area contributed by atoms with Crippen LogP contribution in [0, 0.1) is 0 Å². The van der Waals surface area contributed by atoms with Gasteiger partial charge in [0.25, 0.3) is 5.85 Å². The topological polar surface area (TPSA) is 39.9 Å². The molecule has 1 fully saturated rings. The summed E-state index contributed by atoms with van der Waals surface area (Å²) in [6.07, 6.45) is 3.73. The third-order valence-corrected chi connectivity index (χ3v) is 1.54. The lowest BCUT2D eigenvalue weighted by molar-refractivity contribution is 0.164. The Morgan fingerprint density at radius 2 is 2.78 bits per heavy atom. The number of nitrogens with zero attached hydrogens (tertiary/aromatic N) is 2. The zero-order valence-corrected chi connectivity index (χ0v) is 5.29. The van der Waals surface area contributed by atoms with Gasteiger partial charge in [-0.1, -0.05) is 6.92 Å². The smallest absolute Gasteiger partial charge is 0.279 e. The average Bonchev–Trinajstić information content (AvgIpc) is 2.37. The van der Waals surface area contributed by atoms with Crippen molar-refractivity contribution in [3.8, 4) is 0 Å². The van der Waals surface area contributed by atoms with Gasteiger partial charge in [-0.25, -0.2) is 9.83 Å². The van der Waals surface area contributed by atoms with Crippen molar-refractivity contribution in [2.45, 2.75) is 25.6 Å². The second-order valence-corrected chi connectivity index (χ2v) is 2.27. The highest BCUT2D eigenvalue weighted by Gasteiger charge is 2.58. The molecule has 0 aromatic carbocycles. The summed E-state index contributed by atoms with van der Waals surface area (Å²) in [5.41, 5.74) is 2.84. The van der Waals surface area contributed by atoms with E-state index in [-0.39, 0.29) is 5.85 Å². The minimum atomic E-state index is -0.297. The van der Waals surface area contributed by atoms with Crippen LogP contribution in [0.2, 0.25) is 0 Å². The molecule has 0 aromatic rings. The molecule has 2 atom stereocenters. The fourth-order valence-electron chi connectivity index (χ4n) is 1.05. The van der Waals surface area contributed by atoms with Crippen molar-refractivity contribution in [1.29, 1.82) is 0 Å².